The van der Waals surface area contributed by atoms with E-state index >= 15 is 0 Å². The number of nitrogens with zero attached hydrogens (tertiary/aromatic N) is 1. The smallest absolute Gasteiger partial charge is 0.263 e. The summed E-state index contributed by atoms with van der Waals surface area (Å²) >= 11 is 0. The van der Waals surface area contributed by atoms with Gasteiger partial charge in [-0.15, -0.1) is 0 Å². The Labute approximate surface area is 161 Å². The van der Waals surface area contributed by atoms with Crippen LogP contribution < -0.4 is 20.1 Å². The van der Waals surface area contributed by atoms with Crippen molar-refractivity contribution in [3.8, 4) is 17.6 Å². The Hall–Kier alpha value is -2.72. The first-order valence-corrected chi connectivity index (χ1v) is 8.96. The number of methoxy groups -OCH3 is 2. The number of benzene rings is 1. The zero-order chi connectivity index (χ0) is 20.1. The van der Waals surface area contributed by atoms with Gasteiger partial charge in [-0.1, -0.05) is 6.07 Å². The number of hydrogen-bond donors (Lipinski definition) is 2. The molecule has 0 bridgehead atoms. The zero-order valence-electron chi connectivity index (χ0n) is 16.5. The minimum absolute atomic E-state index is 0.0482. The molecule has 1 aromatic carbocycles. The van der Waals surface area contributed by atoms with Gasteiger partial charge in [0.25, 0.3) is 5.91 Å². The molecule has 0 aromatic heterocycles. The van der Waals surface area contributed by atoms with Crippen LogP contribution in [0.3, 0.4) is 0 Å². The highest BCUT2D eigenvalue weighted by Crippen LogP contribution is 2.27. The van der Waals surface area contributed by atoms with E-state index in [-0.39, 0.29) is 11.7 Å². The second-order valence-electron chi connectivity index (χ2n) is 6.09. The molecule has 0 saturated heterocycles. The van der Waals surface area contributed by atoms with Crippen molar-refractivity contribution in [1.29, 1.82) is 5.26 Å². The highest BCUT2D eigenvalue weighted by molar-refractivity contribution is 5.97. The van der Waals surface area contributed by atoms with Gasteiger partial charge >= 0.3 is 0 Å². The van der Waals surface area contributed by atoms with Crippen LogP contribution in [0.1, 0.15) is 25.8 Å². The molecule has 0 radical (unpaired) electrons. The van der Waals surface area contributed by atoms with Crippen molar-refractivity contribution in [2.75, 3.05) is 33.9 Å². The van der Waals surface area contributed by atoms with Gasteiger partial charge in [0.15, 0.2) is 11.5 Å². The number of nitriles is 1. The summed E-state index contributed by atoms with van der Waals surface area (Å²) in [6, 6.07) is 7.51. The van der Waals surface area contributed by atoms with Gasteiger partial charge in [-0.25, -0.2) is 0 Å². The normalized spacial score (nSPS) is 11.0. The first-order valence-electron chi connectivity index (χ1n) is 8.96. The Morgan fingerprint density at radius 2 is 1.96 bits per heavy atom. The first-order chi connectivity index (χ1) is 13.0. The van der Waals surface area contributed by atoms with Gasteiger partial charge in [0.2, 0.25) is 0 Å². The van der Waals surface area contributed by atoms with E-state index in [0.717, 1.165) is 12.0 Å². The molecule has 0 aliphatic rings. The summed E-state index contributed by atoms with van der Waals surface area (Å²) in [5.41, 5.74) is 1.05. The van der Waals surface area contributed by atoms with Crippen LogP contribution >= 0.6 is 0 Å². The molecule has 1 amide bonds. The number of rotatable bonds is 12. The van der Waals surface area contributed by atoms with Gasteiger partial charge in [0.1, 0.15) is 11.6 Å². The molecule has 27 heavy (non-hydrogen) atoms. The Balaban J connectivity index is 2.41. The summed E-state index contributed by atoms with van der Waals surface area (Å²) in [6.07, 6.45) is 3.06. The fourth-order valence-electron chi connectivity index (χ4n) is 2.27. The number of ether oxygens (including phenoxy) is 3. The molecule has 0 unspecified atom stereocenters. The molecule has 0 saturated carbocycles. The molecule has 0 atom stereocenters. The summed E-state index contributed by atoms with van der Waals surface area (Å²) in [7, 11) is 3.16. The van der Waals surface area contributed by atoms with Gasteiger partial charge in [0, 0.05) is 25.9 Å². The molecule has 0 fully saturated rings. The van der Waals surface area contributed by atoms with Gasteiger partial charge in [0.05, 0.1) is 20.3 Å². The third kappa shape index (κ3) is 8.47. The Morgan fingerprint density at radius 1 is 1.22 bits per heavy atom. The largest absolute Gasteiger partial charge is 0.493 e. The van der Waals surface area contributed by atoms with E-state index in [2.05, 4.69) is 10.6 Å². The van der Waals surface area contributed by atoms with Crippen LogP contribution in [0.5, 0.6) is 11.5 Å². The standard InChI is InChI=1S/C20H29N3O4/c1-15(2)27-11-5-9-22-14-17(13-21)20(24)23-10-8-16-6-7-18(25-3)19(12-16)26-4/h6-7,12,14-15,22H,5,8-11H2,1-4H3,(H,23,24)/b17-14-. The topological polar surface area (TPSA) is 92.6 Å². The van der Waals surface area contributed by atoms with Gasteiger partial charge in [-0.2, -0.15) is 5.26 Å². The molecular formula is C20H29N3O4. The monoisotopic (exact) mass is 375 g/mol. The second kappa shape index (κ2) is 12.6. The van der Waals surface area contributed by atoms with Crippen LogP contribution in [0.4, 0.5) is 0 Å². The third-order valence-electron chi connectivity index (χ3n) is 3.68. The molecule has 1 aromatic rings. The summed E-state index contributed by atoms with van der Waals surface area (Å²) < 4.78 is 15.9. The average molecular weight is 375 g/mol. The number of carbonyl (C=O) groups is 1. The van der Waals surface area contributed by atoms with Gasteiger partial charge in [-0.05, 0) is 44.4 Å². The molecular weight excluding hydrogens is 346 g/mol. The molecule has 7 nitrogen and oxygen atoms in total. The van der Waals surface area contributed by atoms with Crippen molar-refractivity contribution < 1.29 is 19.0 Å². The highest BCUT2D eigenvalue weighted by Gasteiger charge is 2.09. The van der Waals surface area contributed by atoms with Crippen molar-refractivity contribution in [2.24, 2.45) is 0 Å². The molecule has 1 rings (SSSR count). The quantitative estimate of drug-likeness (QED) is 0.330. The van der Waals surface area contributed by atoms with Crippen molar-refractivity contribution in [1.82, 2.24) is 10.6 Å². The minimum atomic E-state index is -0.399. The fourth-order valence-corrected chi connectivity index (χ4v) is 2.27. The lowest BCUT2D eigenvalue weighted by atomic mass is 10.1. The van der Waals surface area contributed by atoms with E-state index in [4.69, 9.17) is 19.5 Å². The van der Waals surface area contributed by atoms with Crippen LogP contribution in [0.15, 0.2) is 30.0 Å². The minimum Gasteiger partial charge on any atom is -0.493 e. The van der Waals surface area contributed by atoms with Crippen LogP contribution in [-0.2, 0) is 16.0 Å². The number of amides is 1. The maximum absolute atomic E-state index is 12.1. The molecule has 0 aliphatic carbocycles. The number of carbonyl (C=O) groups excluding carboxylic acids is 1. The molecule has 0 aliphatic heterocycles. The predicted octanol–water partition coefficient (Wildman–Crippen LogP) is 2.17. The predicted molar refractivity (Wildman–Crippen MR) is 104 cm³/mol. The van der Waals surface area contributed by atoms with E-state index in [1.807, 2.05) is 38.1 Å². The molecule has 7 heteroatoms. The highest BCUT2D eigenvalue weighted by atomic mass is 16.5. The number of hydrogen-bond acceptors (Lipinski definition) is 6. The lowest BCUT2D eigenvalue weighted by Gasteiger charge is -2.10. The second-order valence-corrected chi connectivity index (χ2v) is 6.09. The molecule has 0 heterocycles. The van der Waals surface area contributed by atoms with E-state index in [9.17, 15) is 4.79 Å². The Morgan fingerprint density at radius 3 is 2.59 bits per heavy atom. The maximum atomic E-state index is 12.1. The van der Waals surface area contributed by atoms with Crippen LogP contribution in [0.25, 0.3) is 0 Å². The van der Waals surface area contributed by atoms with E-state index in [0.29, 0.717) is 37.6 Å². The van der Waals surface area contributed by atoms with E-state index in [1.54, 1.807) is 14.2 Å². The Kier molecular flexibility index (Phi) is 10.4. The SMILES string of the molecule is COc1ccc(CCNC(=O)/C(C#N)=C\NCCCOC(C)C)cc1OC. The first kappa shape index (κ1) is 22.3. The summed E-state index contributed by atoms with van der Waals surface area (Å²) in [5.74, 6) is 0.901. The van der Waals surface area contributed by atoms with Crippen molar-refractivity contribution in [3.63, 3.8) is 0 Å². The van der Waals surface area contributed by atoms with Crippen molar-refractivity contribution in [2.45, 2.75) is 32.8 Å². The number of nitrogens with one attached hydrogen (secondary N) is 2. The van der Waals surface area contributed by atoms with Crippen molar-refractivity contribution >= 4 is 5.91 Å². The van der Waals surface area contributed by atoms with Crippen LogP contribution in [-0.4, -0.2) is 45.9 Å². The fraction of sp³-hybridized carbons (Fsp3) is 0.500. The molecule has 2 N–H and O–H groups in total. The van der Waals surface area contributed by atoms with Crippen molar-refractivity contribution in [3.05, 3.63) is 35.5 Å². The van der Waals surface area contributed by atoms with Crippen LogP contribution in [0, 0.1) is 11.3 Å². The summed E-state index contributed by atoms with van der Waals surface area (Å²) in [6.45, 7) is 5.64. The van der Waals surface area contributed by atoms with Gasteiger partial charge < -0.3 is 24.8 Å². The van der Waals surface area contributed by atoms with E-state index < -0.39 is 5.91 Å². The average Bonchev–Trinajstić information content (AvgIpc) is 2.66. The van der Waals surface area contributed by atoms with Gasteiger partial charge in [-0.3, -0.25) is 4.79 Å². The lowest BCUT2D eigenvalue weighted by Crippen LogP contribution is -2.28. The molecule has 148 valence electrons. The third-order valence-corrected chi connectivity index (χ3v) is 3.68. The summed E-state index contributed by atoms with van der Waals surface area (Å²) in [5, 5.41) is 14.9. The molecule has 0 spiro atoms. The lowest BCUT2D eigenvalue weighted by molar-refractivity contribution is -0.117. The van der Waals surface area contributed by atoms with E-state index in [1.165, 1.54) is 6.20 Å². The zero-order valence-corrected chi connectivity index (χ0v) is 16.5. The summed E-state index contributed by atoms with van der Waals surface area (Å²) in [4.78, 5) is 12.1. The maximum Gasteiger partial charge on any atom is 0.263 e. The Bertz CT molecular complexity index is 666. The van der Waals surface area contributed by atoms with Crippen LogP contribution in [0.2, 0.25) is 0 Å².